The van der Waals surface area contributed by atoms with Gasteiger partial charge in [0.2, 0.25) is 0 Å². The number of pyridine rings is 1. The molecule has 0 aliphatic carbocycles. The summed E-state index contributed by atoms with van der Waals surface area (Å²) in [4.78, 5) is 8.82. The number of hydrogen-bond donors (Lipinski definition) is 0. The van der Waals surface area contributed by atoms with Crippen molar-refractivity contribution in [2.24, 2.45) is 0 Å². The van der Waals surface area contributed by atoms with E-state index in [2.05, 4.69) is 83.0 Å². The molecule has 5 nitrogen and oxygen atoms in total. The van der Waals surface area contributed by atoms with Gasteiger partial charge in [0, 0.05) is 27.5 Å². The van der Waals surface area contributed by atoms with Gasteiger partial charge < -0.3 is 4.74 Å². The molecule has 1 aliphatic heterocycles. The Morgan fingerprint density at radius 1 is 0.641 bits per heavy atom. The molecule has 0 radical (unpaired) electrons. The second-order valence-corrected chi connectivity index (χ2v) is 9.89. The van der Waals surface area contributed by atoms with Crippen LogP contribution in [0.2, 0.25) is 0 Å². The second-order valence-electron chi connectivity index (χ2n) is 8.81. The molecule has 6 aromatic rings. The molecule has 0 spiro atoms. The first-order valence-corrected chi connectivity index (χ1v) is 13.0. The molecular weight excluding hydrogens is 684 g/mol. The van der Waals surface area contributed by atoms with Crippen LogP contribution in [0.4, 0.5) is 0 Å². The standard InChI is InChI=1S/C32H20N4OS.Pt/c1-3-15-29-27(13-1)32(31-17-5-6-18-33-31,28-14-2-4-16-30(28)38-29)23-9-7-11-25(21-23)37-26-12-8-10-24(22-26)36-34-19-20-35-36;/h1-20H;/q-2;+2. The topological polar surface area (TPSA) is 52.8 Å². The zero-order valence-corrected chi connectivity index (χ0v) is 23.6. The van der Waals surface area contributed by atoms with Gasteiger partial charge >= 0.3 is 21.1 Å². The SMILES string of the molecule is [Pt+2].[c-]1c(Oc2[c-]c(C3(c4ccccn4)c4ccccc4Sc4ccccc43)ccc2)cccc1-n1nccn1. The summed E-state index contributed by atoms with van der Waals surface area (Å²) in [6, 6.07) is 41.7. The molecule has 1 aliphatic rings. The summed E-state index contributed by atoms with van der Waals surface area (Å²) in [5.41, 5.74) is 4.28. The summed E-state index contributed by atoms with van der Waals surface area (Å²) in [7, 11) is 0. The number of aromatic nitrogens is 4. The van der Waals surface area contributed by atoms with Crippen LogP contribution in [-0.4, -0.2) is 20.0 Å². The van der Waals surface area contributed by atoms with Crippen molar-refractivity contribution >= 4 is 11.8 Å². The molecule has 0 bridgehead atoms. The van der Waals surface area contributed by atoms with Gasteiger partial charge in [-0.3, -0.25) is 4.98 Å². The normalized spacial score (nSPS) is 13.0. The minimum absolute atomic E-state index is 0. The molecule has 0 N–H and O–H groups in total. The first-order chi connectivity index (χ1) is 18.8. The van der Waals surface area contributed by atoms with Crippen molar-refractivity contribution in [1.29, 1.82) is 0 Å². The molecule has 4 aromatic carbocycles. The van der Waals surface area contributed by atoms with Gasteiger partial charge in [-0.15, -0.1) is 35.9 Å². The Kier molecular flexibility index (Phi) is 6.90. The van der Waals surface area contributed by atoms with Crippen molar-refractivity contribution in [3.8, 4) is 17.2 Å². The molecule has 0 fully saturated rings. The van der Waals surface area contributed by atoms with Crippen molar-refractivity contribution in [2.75, 3.05) is 0 Å². The van der Waals surface area contributed by atoms with Gasteiger partial charge in [-0.05, 0) is 41.1 Å². The number of fused-ring (bicyclic) bond motifs is 2. The monoisotopic (exact) mass is 703 g/mol. The van der Waals surface area contributed by atoms with Gasteiger partial charge in [0.1, 0.15) is 0 Å². The fourth-order valence-electron chi connectivity index (χ4n) is 5.08. The fraction of sp³-hybridized carbons (Fsp3) is 0.0312. The van der Waals surface area contributed by atoms with Crippen molar-refractivity contribution in [2.45, 2.75) is 15.2 Å². The van der Waals surface area contributed by atoms with Gasteiger partial charge in [0.05, 0.1) is 23.5 Å². The van der Waals surface area contributed by atoms with E-state index < -0.39 is 5.41 Å². The van der Waals surface area contributed by atoms with Gasteiger partial charge in [0.15, 0.2) is 0 Å². The molecule has 7 heteroatoms. The smallest absolute Gasteiger partial charge is 0.509 e. The van der Waals surface area contributed by atoms with Crippen molar-refractivity contribution < 1.29 is 25.8 Å². The van der Waals surface area contributed by atoms with Crippen molar-refractivity contribution in [3.05, 3.63) is 156 Å². The summed E-state index contributed by atoms with van der Waals surface area (Å²) >= 11 is 1.79. The van der Waals surface area contributed by atoms with Crippen LogP contribution in [0.3, 0.4) is 0 Å². The van der Waals surface area contributed by atoms with E-state index in [1.165, 1.54) is 25.7 Å². The molecule has 0 unspecified atom stereocenters. The van der Waals surface area contributed by atoms with E-state index in [4.69, 9.17) is 9.72 Å². The average molecular weight is 704 g/mol. The van der Waals surface area contributed by atoms with E-state index in [-0.39, 0.29) is 21.1 Å². The van der Waals surface area contributed by atoms with Gasteiger partial charge in [-0.2, -0.15) is 33.2 Å². The van der Waals surface area contributed by atoms with E-state index in [1.54, 1.807) is 24.2 Å². The maximum atomic E-state index is 6.30. The molecule has 0 amide bonds. The Morgan fingerprint density at radius 2 is 1.28 bits per heavy atom. The minimum Gasteiger partial charge on any atom is -0.509 e. The zero-order valence-electron chi connectivity index (χ0n) is 20.5. The van der Waals surface area contributed by atoms with E-state index in [0.29, 0.717) is 17.2 Å². The molecular formula is C32H20N4OPtS. The van der Waals surface area contributed by atoms with Crippen molar-refractivity contribution in [3.63, 3.8) is 0 Å². The molecule has 0 atom stereocenters. The Labute approximate surface area is 245 Å². The van der Waals surface area contributed by atoms with Crippen LogP contribution in [0, 0.1) is 12.1 Å². The van der Waals surface area contributed by atoms with Crippen LogP contribution in [0.5, 0.6) is 11.5 Å². The number of hydrogen-bond acceptors (Lipinski definition) is 5. The Hall–Kier alpha value is -3.99. The molecule has 0 saturated heterocycles. The molecule has 3 heterocycles. The molecule has 190 valence electrons. The van der Waals surface area contributed by atoms with Crippen LogP contribution in [0.25, 0.3) is 5.69 Å². The molecule has 2 aromatic heterocycles. The zero-order chi connectivity index (χ0) is 25.4. The van der Waals surface area contributed by atoms with Crippen molar-refractivity contribution in [1.82, 2.24) is 20.0 Å². The van der Waals surface area contributed by atoms with Crippen LogP contribution in [-0.2, 0) is 26.5 Å². The third-order valence-corrected chi connectivity index (χ3v) is 7.78. The first-order valence-electron chi connectivity index (χ1n) is 12.2. The maximum absolute atomic E-state index is 6.30. The van der Waals surface area contributed by atoms with E-state index in [1.807, 2.05) is 48.7 Å². The van der Waals surface area contributed by atoms with Crippen LogP contribution in [0.1, 0.15) is 22.4 Å². The summed E-state index contributed by atoms with van der Waals surface area (Å²) in [5.74, 6) is 1.15. The Balaban J connectivity index is 0.00000277. The van der Waals surface area contributed by atoms with Crippen LogP contribution in [0.15, 0.2) is 132 Å². The predicted octanol–water partition coefficient (Wildman–Crippen LogP) is 6.90. The Bertz CT molecular complexity index is 1700. The average Bonchev–Trinajstić information content (AvgIpc) is 3.52. The van der Waals surface area contributed by atoms with Gasteiger partial charge in [-0.25, -0.2) is 0 Å². The van der Waals surface area contributed by atoms with E-state index >= 15 is 0 Å². The largest absolute Gasteiger partial charge is 2.00 e. The fourth-order valence-corrected chi connectivity index (χ4v) is 6.27. The van der Waals surface area contributed by atoms with Crippen LogP contribution >= 0.6 is 11.8 Å². The second kappa shape index (κ2) is 10.6. The maximum Gasteiger partial charge on any atom is 2.00 e. The number of benzene rings is 4. The number of nitrogens with zero attached hydrogens (tertiary/aromatic N) is 4. The first kappa shape index (κ1) is 25.3. The molecule has 0 saturated carbocycles. The van der Waals surface area contributed by atoms with E-state index in [9.17, 15) is 0 Å². The minimum atomic E-state index is -0.663. The van der Waals surface area contributed by atoms with Gasteiger partial charge in [-0.1, -0.05) is 54.2 Å². The summed E-state index contributed by atoms with van der Waals surface area (Å²) in [5, 5.41) is 8.39. The predicted molar refractivity (Wildman–Crippen MR) is 146 cm³/mol. The third kappa shape index (κ3) is 4.40. The summed E-state index contributed by atoms with van der Waals surface area (Å²) in [6.07, 6.45) is 5.12. The summed E-state index contributed by atoms with van der Waals surface area (Å²) < 4.78 is 6.30. The molecule has 7 rings (SSSR count). The van der Waals surface area contributed by atoms with E-state index in [0.717, 1.165) is 11.3 Å². The Morgan fingerprint density at radius 3 is 1.97 bits per heavy atom. The number of ether oxygens (including phenoxy) is 1. The number of rotatable bonds is 5. The molecule has 39 heavy (non-hydrogen) atoms. The van der Waals surface area contributed by atoms with Gasteiger partial charge in [0.25, 0.3) is 0 Å². The summed E-state index contributed by atoms with van der Waals surface area (Å²) in [6.45, 7) is 0. The van der Waals surface area contributed by atoms with Crippen LogP contribution < -0.4 is 4.74 Å². The quantitative estimate of drug-likeness (QED) is 0.183. The third-order valence-electron chi connectivity index (χ3n) is 6.63.